The van der Waals surface area contributed by atoms with E-state index in [0.29, 0.717) is 5.69 Å². The van der Waals surface area contributed by atoms with Gasteiger partial charge in [0.1, 0.15) is 11.3 Å². The van der Waals surface area contributed by atoms with Gasteiger partial charge in [-0.05, 0) is 30.7 Å². The molecular weight excluding hydrogens is 328 g/mol. The lowest BCUT2D eigenvalue weighted by Crippen LogP contribution is -2.21. The molecule has 1 N–H and O–H groups in total. The van der Waals surface area contributed by atoms with Crippen LogP contribution in [0.3, 0.4) is 0 Å². The minimum atomic E-state index is -0.981. The molecule has 8 heteroatoms. The number of carbonyl (C=O) groups excluding carboxylic acids is 2. The number of nitro groups is 1. The molecule has 0 saturated carbocycles. The van der Waals surface area contributed by atoms with Crippen LogP contribution in [0.4, 0.5) is 11.4 Å². The van der Waals surface area contributed by atoms with Crippen molar-refractivity contribution in [2.45, 2.75) is 6.92 Å². The summed E-state index contributed by atoms with van der Waals surface area (Å²) in [6.07, 6.45) is 0. The fourth-order valence-corrected chi connectivity index (χ4v) is 2.09. The summed E-state index contributed by atoms with van der Waals surface area (Å²) in [6, 6.07) is 10.8. The monoisotopic (exact) mass is 344 g/mol. The highest BCUT2D eigenvalue weighted by molar-refractivity contribution is 5.97. The Kier molecular flexibility index (Phi) is 5.67. The number of amides is 1. The van der Waals surface area contributed by atoms with Gasteiger partial charge in [-0.25, -0.2) is 4.79 Å². The van der Waals surface area contributed by atoms with Crippen LogP contribution in [-0.4, -0.2) is 30.5 Å². The number of ether oxygens (including phenoxy) is 2. The Morgan fingerprint density at radius 3 is 2.60 bits per heavy atom. The number of nitrogens with one attached hydrogen (secondary N) is 1. The van der Waals surface area contributed by atoms with Gasteiger partial charge in [-0.3, -0.25) is 14.9 Å². The Morgan fingerprint density at radius 1 is 1.20 bits per heavy atom. The van der Waals surface area contributed by atoms with Crippen LogP contribution >= 0.6 is 0 Å². The zero-order chi connectivity index (χ0) is 18.4. The fourth-order valence-electron chi connectivity index (χ4n) is 2.09. The molecule has 0 aliphatic rings. The van der Waals surface area contributed by atoms with Gasteiger partial charge in [0.15, 0.2) is 6.61 Å². The first-order chi connectivity index (χ1) is 11.9. The van der Waals surface area contributed by atoms with Gasteiger partial charge < -0.3 is 14.8 Å². The van der Waals surface area contributed by atoms with Crippen molar-refractivity contribution in [3.05, 3.63) is 63.7 Å². The van der Waals surface area contributed by atoms with E-state index in [1.807, 2.05) is 13.0 Å². The Bertz CT molecular complexity index is 819. The molecule has 2 aromatic carbocycles. The largest absolute Gasteiger partial charge is 0.497 e. The lowest BCUT2D eigenvalue weighted by molar-refractivity contribution is -0.385. The topological polar surface area (TPSA) is 108 Å². The van der Waals surface area contributed by atoms with E-state index < -0.39 is 29.1 Å². The number of nitro benzene ring substituents is 1. The van der Waals surface area contributed by atoms with Crippen molar-refractivity contribution in [1.82, 2.24) is 0 Å². The number of rotatable bonds is 6. The van der Waals surface area contributed by atoms with Crippen molar-refractivity contribution >= 4 is 23.3 Å². The summed E-state index contributed by atoms with van der Waals surface area (Å²) < 4.78 is 9.82. The zero-order valence-electron chi connectivity index (χ0n) is 13.6. The maximum atomic E-state index is 12.1. The zero-order valence-corrected chi connectivity index (χ0v) is 13.6. The number of benzene rings is 2. The van der Waals surface area contributed by atoms with E-state index in [4.69, 9.17) is 9.47 Å². The van der Waals surface area contributed by atoms with Gasteiger partial charge in [-0.15, -0.1) is 0 Å². The average Bonchev–Trinajstić information content (AvgIpc) is 2.59. The van der Waals surface area contributed by atoms with E-state index >= 15 is 0 Å². The van der Waals surface area contributed by atoms with Crippen molar-refractivity contribution < 1.29 is 24.0 Å². The first-order valence-corrected chi connectivity index (χ1v) is 7.27. The second kappa shape index (κ2) is 7.91. The summed E-state index contributed by atoms with van der Waals surface area (Å²) in [4.78, 5) is 34.3. The van der Waals surface area contributed by atoms with E-state index in [1.54, 1.807) is 18.2 Å². The number of hydrogen-bond acceptors (Lipinski definition) is 6. The SMILES string of the molecule is COc1ccc([N+](=O)[O-])c(C(=O)OCC(=O)Nc2cccc(C)c2)c1. The molecule has 0 unspecified atom stereocenters. The van der Waals surface area contributed by atoms with Gasteiger partial charge in [-0.1, -0.05) is 12.1 Å². The second-order valence-electron chi connectivity index (χ2n) is 5.13. The molecule has 0 aromatic heterocycles. The molecule has 0 fully saturated rings. The van der Waals surface area contributed by atoms with Crippen LogP contribution in [0, 0.1) is 17.0 Å². The predicted molar refractivity (Wildman–Crippen MR) is 89.7 cm³/mol. The van der Waals surface area contributed by atoms with Crippen molar-refractivity contribution in [3.63, 3.8) is 0 Å². The van der Waals surface area contributed by atoms with E-state index in [1.165, 1.54) is 19.2 Å². The van der Waals surface area contributed by atoms with E-state index in [2.05, 4.69) is 5.32 Å². The third-order valence-electron chi connectivity index (χ3n) is 3.26. The molecule has 8 nitrogen and oxygen atoms in total. The smallest absolute Gasteiger partial charge is 0.345 e. The molecule has 0 aliphatic carbocycles. The van der Waals surface area contributed by atoms with Crippen LogP contribution < -0.4 is 10.1 Å². The van der Waals surface area contributed by atoms with Crippen molar-refractivity contribution in [2.75, 3.05) is 19.0 Å². The van der Waals surface area contributed by atoms with E-state index in [9.17, 15) is 19.7 Å². The highest BCUT2D eigenvalue weighted by atomic mass is 16.6. The Balaban J connectivity index is 2.04. The molecule has 0 heterocycles. The third-order valence-corrected chi connectivity index (χ3v) is 3.26. The molecule has 130 valence electrons. The summed E-state index contributed by atoms with van der Waals surface area (Å²) in [6.45, 7) is 1.30. The molecule has 0 radical (unpaired) electrons. The number of methoxy groups -OCH3 is 1. The molecule has 25 heavy (non-hydrogen) atoms. The average molecular weight is 344 g/mol. The minimum Gasteiger partial charge on any atom is -0.497 e. The molecule has 1 amide bonds. The number of esters is 1. The molecule has 0 aliphatic heterocycles. The van der Waals surface area contributed by atoms with E-state index in [-0.39, 0.29) is 11.3 Å². The molecule has 2 aromatic rings. The molecule has 0 saturated heterocycles. The molecule has 0 bridgehead atoms. The third kappa shape index (κ3) is 4.77. The Morgan fingerprint density at radius 2 is 1.96 bits per heavy atom. The minimum absolute atomic E-state index is 0.266. The molecule has 0 atom stereocenters. The highest BCUT2D eigenvalue weighted by Gasteiger charge is 2.23. The van der Waals surface area contributed by atoms with Crippen LogP contribution in [0.15, 0.2) is 42.5 Å². The number of nitrogens with zero attached hydrogens (tertiary/aromatic N) is 1. The van der Waals surface area contributed by atoms with Crippen LogP contribution in [0.1, 0.15) is 15.9 Å². The first-order valence-electron chi connectivity index (χ1n) is 7.27. The lowest BCUT2D eigenvalue weighted by atomic mass is 10.1. The van der Waals surface area contributed by atoms with Gasteiger partial charge in [0.25, 0.3) is 11.6 Å². The van der Waals surface area contributed by atoms with Crippen molar-refractivity contribution in [3.8, 4) is 5.75 Å². The summed E-state index contributed by atoms with van der Waals surface area (Å²) in [5.41, 5.74) is 0.813. The first kappa shape index (κ1) is 17.9. The maximum absolute atomic E-state index is 12.1. The van der Waals surface area contributed by atoms with Gasteiger partial charge in [0.05, 0.1) is 12.0 Å². The van der Waals surface area contributed by atoms with Gasteiger partial charge >= 0.3 is 5.97 Å². The number of carbonyl (C=O) groups is 2. The van der Waals surface area contributed by atoms with Crippen LogP contribution in [0.2, 0.25) is 0 Å². The maximum Gasteiger partial charge on any atom is 0.345 e. The molecule has 2 rings (SSSR count). The van der Waals surface area contributed by atoms with Crippen LogP contribution in [0.25, 0.3) is 0 Å². The Hall–Kier alpha value is -3.42. The Labute approximate surface area is 143 Å². The molecule has 0 spiro atoms. The lowest BCUT2D eigenvalue weighted by Gasteiger charge is -2.08. The summed E-state index contributed by atoms with van der Waals surface area (Å²) in [5, 5.41) is 13.6. The molecular formula is C17H16N2O6. The number of aryl methyl sites for hydroxylation is 1. The summed E-state index contributed by atoms with van der Waals surface area (Å²) in [5.74, 6) is -1.27. The number of hydrogen-bond donors (Lipinski definition) is 1. The quantitative estimate of drug-likeness (QED) is 0.490. The predicted octanol–water partition coefficient (Wildman–Crippen LogP) is 2.71. The van der Waals surface area contributed by atoms with Crippen LogP contribution in [0.5, 0.6) is 5.75 Å². The number of anilines is 1. The highest BCUT2D eigenvalue weighted by Crippen LogP contribution is 2.24. The van der Waals surface area contributed by atoms with Gasteiger partial charge in [0, 0.05) is 17.8 Å². The normalized spacial score (nSPS) is 10.0. The second-order valence-corrected chi connectivity index (χ2v) is 5.13. The summed E-state index contributed by atoms with van der Waals surface area (Å²) >= 11 is 0. The summed E-state index contributed by atoms with van der Waals surface area (Å²) in [7, 11) is 1.37. The van der Waals surface area contributed by atoms with Crippen LogP contribution in [-0.2, 0) is 9.53 Å². The standard InChI is InChI=1S/C17H16N2O6/c1-11-4-3-5-12(8-11)18-16(20)10-25-17(21)14-9-13(24-2)6-7-15(14)19(22)23/h3-9H,10H2,1-2H3,(H,18,20). The fraction of sp³-hybridized carbons (Fsp3) is 0.176. The van der Waals surface area contributed by atoms with Crippen molar-refractivity contribution in [2.24, 2.45) is 0 Å². The van der Waals surface area contributed by atoms with Gasteiger partial charge in [-0.2, -0.15) is 0 Å². The van der Waals surface area contributed by atoms with Crippen molar-refractivity contribution in [1.29, 1.82) is 0 Å². The van der Waals surface area contributed by atoms with Gasteiger partial charge in [0.2, 0.25) is 0 Å². The van der Waals surface area contributed by atoms with E-state index in [0.717, 1.165) is 11.6 Å².